The normalized spacial score (nSPS) is 10.6. The first-order chi connectivity index (χ1) is 16.0. The Bertz CT molecular complexity index is 1340. The molecule has 0 saturated carbocycles. The third-order valence-corrected chi connectivity index (χ3v) is 4.84. The highest BCUT2D eigenvalue weighted by atomic mass is 16.6. The van der Waals surface area contributed by atoms with Gasteiger partial charge in [-0.1, -0.05) is 24.3 Å². The summed E-state index contributed by atoms with van der Waals surface area (Å²) in [5, 5.41) is 14.3. The van der Waals surface area contributed by atoms with Crippen molar-refractivity contribution in [2.45, 2.75) is 0 Å². The lowest BCUT2D eigenvalue weighted by Crippen LogP contribution is -2.21. The molecule has 0 bridgehead atoms. The van der Waals surface area contributed by atoms with Crippen LogP contribution < -0.4 is 14.8 Å². The molecule has 1 aromatic heterocycles. The molecule has 1 heterocycles. The van der Waals surface area contributed by atoms with Crippen molar-refractivity contribution in [3.63, 3.8) is 0 Å². The smallest absolute Gasteiger partial charge is 0.310 e. The summed E-state index contributed by atoms with van der Waals surface area (Å²) >= 11 is 0. The van der Waals surface area contributed by atoms with Gasteiger partial charge >= 0.3 is 5.69 Å². The predicted octanol–water partition coefficient (Wildman–Crippen LogP) is 4.60. The molecule has 0 fully saturated rings. The Labute approximate surface area is 187 Å². The molecule has 0 atom stereocenters. The summed E-state index contributed by atoms with van der Waals surface area (Å²) in [5.41, 5.74) is 0.711. The van der Waals surface area contributed by atoms with E-state index in [9.17, 15) is 19.7 Å². The third kappa shape index (κ3) is 4.52. The molecule has 0 saturated heterocycles. The maximum atomic E-state index is 13.1. The molecular weight excluding hydrogens is 428 g/mol. The Kier molecular flexibility index (Phi) is 6.03. The van der Waals surface area contributed by atoms with E-state index in [0.717, 1.165) is 0 Å². The number of hydrogen-bond donors (Lipinski definition) is 1. The van der Waals surface area contributed by atoms with Gasteiger partial charge < -0.3 is 19.2 Å². The first kappa shape index (κ1) is 21.6. The van der Waals surface area contributed by atoms with E-state index < -0.39 is 23.2 Å². The van der Waals surface area contributed by atoms with E-state index in [2.05, 4.69) is 5.32 Å². The van der Waals surface area contributed by atoms with Crippen LogP contribution in [0.25, 0.3) is 11.0 Å². The molecule has 0 radical (unpaired) electrons. The number of anilines is 1. The van der Waals surface area contributed by atoms with Gasteiger partial charge in [0.05, 0.1) is 17.7 Å². The third-order valence-electron chi connectivity index (χ3n) is 4.84. The number of nitrogens with one attached hydrogen (secondary N) is 1. The maximum absolute atomic E-state index is 13.1. The van der Waals surface area contributed by atoms with Gasteiger partial charge in [0, 0.05) is 17.0 Å². The molecular formula is C24H18N2O7. The lowest BCUT2D eigenvalue weighted by molar-refractivity contribution is -0.385. The van der Waals surface area contributed by atoms with Crippen LogP contribution in [-0.2, 0) is 4.79 Å². The molecule has 166 valence electrons. The lowest BCUT2D eigenvalue weighted by Gasteiger charge is -2.08. The Morgan fingerprint density at radius 3 is 2.42 bits per heavy atom. The number of hydrogen-bond acceptors (Lipinski definition) is 7. The summed E-state index contributed by atoms with van der Waals surface area (Å²) in [7, 11) is 1.52. The van der Waals surface area contributed by atoms with Crippen LogP contribution in [0.3, 0.4) is 0 Å². The zero-order chi connectivity index (χ0) is 23.4. The molecule has 0 aliphatic heterocycles. The highest BCUT2D eigenvalue weighted by molar-refractivity contribution is 6.17. The van der Waals surface area contributed by atoms with Crippen molar-refractivity contribution in [2.24, 2.45) is 0 Å². The summed E-state index contributed by atoms with van der Waals surface area (Å²) in [4.78, 5) is 36.3. The number of nitro benzene ring substituents is 1. The van der Waals surface area contributed by atoms with Crippen LogP contribution in [-0.4, -0.2) is 30.3 Å². The van der Waals surface area contributed by atoms with Gasteiger partial charge in [-0.25, -0.2) is 0 Å². The van der Waals surface area contributed by atoms with Crippen molar-refractivity contribution in [3.05, 3.63) is 94.2 Å². The number of amides is 1. The van der Waals surface area contributed by atoms with Crippen LogP contribution in [0.1, 0.15) is 16.1 Å². The van der Waals surface area contributed by atoms with Crippen LogP contribution in [0.15, 0.2) is 77.2 Å². The first-order valence-corrected chi connectivity index (χ1v) is 9.84. The number of methoxy groups -OCH3 is 1. The van der Waals surface area contributed by atoms with Gasteiger partial charge in [-0.05, 0) is 42.5 Å². The minimum Gasteiger partial charge on any atom is -0.497 e. The van der Waals surface area contributed by atoms with E-state index in [1.54, 1.807) is 54.6 Å². The maximum Gasteiger partial charge on any atom is 0.310 e. The van der Waals surface area contributed by atoms with Gasteiger partial charge in [0.1, 0.15) is 11.3 Å². The summed E-state index contributed by atoms with van der Waals surface area (Å²) in [6.07, 6.45) is 0. The van der Waals surface area contributed by atoms with Gasteiger partial charge in [0.2, 0.25) is 5.78 Å². The Morgan fingerprint density at radius 1 is 1.00 bits per heavy atom. The van der Waals surface area contributed by atoms with Crippen LogP contribution >= 0.6 is 0 Å². The largest absolute Gasteiger partial charge is 0.497 e. The van der Waals surface area contributed by atoms with Crippen LogP contribution in [0.2, 0.25) is 0 Å². The zero-order valence-electron chi connectivity index (χ0n) is 17.4. The number of rotatable bonds is 8. The fourth-order valence-electron chi connectivity index (χ4n) is 3.25. The molecule has 0 spiro atoms. The van der Waals surface area contributed by atoms with Crippen molar-refractivity contribution >= 4 is 34.0 Å². The molecule has 4 aromatic rings. The second kappa shape index (κ2) is 9.23. The fourth-order valence-corrected chi connectivity index (χ4v) is 3.25. The predicted molar refractivity (Wildman–Crippen MR) is 120 cm³/mol. The van der Waals surface area contributed by atoms with E-state index in [1.807, 2.05) is 0 Å². The van der Waals surface area contributed by atoms with Gasteiger partial charge in [-0.3, -0.25) is 19.7 Å². The highest BCUT2D eigenvalue weighted by Crippen LogP contribution is 2.33. The summed E-state index contributed by atoms with van der Waals surface area (Å²) in [5.74, 6) is -0.520. The topological polar surface area (TPSA) is 121 Å². The minimum absolute atomic E-state index is 0.0377. The molecule has 9 nitrogen and oxygen atoms in total. The van der Waals surface area contributed by atoms with E-state index in [1.165, 1.54) is 25.3 Å². The average Bonchev–Trinajstić information content (AvgIpc) is 3.20. The Hall–Kier alpha value is -4.66. The van der Waals surface area contributed by atoms with Crippen LogP contribution in [0.4, 0.5) is 11.4 Å². The molecule has 1 N–H and O–H groups in total. The average molecular weight is 446 g/mol. The molecule has 3 aromatic carbocycles. The standard InChI is InChI=1S/C24H18N2O7/c1-31-16-12-10-15(11-13-16)23(28)24-22(17-6-2-4-8-19(17)33-24)25-21(27)14-32-20-9-5-3-7-18(20)26(29)30/h2-13H,14H2,1H3,(H,25,27). The lowest BCUT2D eigenvalue weighted by atomic mass is 10.1. The van der Waals surface area contributed by atoms with Crippen molar-refractivity contribution in [2.75, 3.05) is 19.0 Å². The van der Waals surface area contributed by atoms with Crippen LogP contribution in [0, 0.1) is 10.1 Å². The van der Waals surface area contributed by atoms with Crippen molar-refractivity contribution in [1.29, 1.82) is 0 Å². The number of para-hydroxylation sites is 3. The molecule has 0 aliphatic rings. The zero-order valence-corrected chi connectivity index (χ0v) is 17.4. The van der Waals surface area contributed by atoms with Gasteiger partial charge in [-0.2, -0.15) is 0 Å². The number of carbonyl (C=O) groups is 2. The van der Waals surface area contributed by atoms with E-state index >= 15 is 0 Å². The molecule has 0 unspecified atom stereocenters. The number of carbonyl (C=O) groups excluding carboxylic acids is 2. The molecule has 0 aliphatic carbocycles. The molecule has 4 rings (SSSR count). The summed E-state index contributed by atoms with van der Waals surface area (Å²) in [6.45, 7) is -0.499. The van der Waals surface area contributed by atoms with E-state index in [0.29, 0.717) is 22.3 Å². The number of benzene rings is 3. The quantitative estimate of drug-likeness (QED) is 0.238. The fraction of sp³-hybridized carbons (Fsp3) is 0.0833. The number of nitrogens with zero attached hydrogens (tertiary/aromatic N) is 1. The number of fused-ring (bicyclic) bond motifs is 1. The SMILES string of the molecule is COc1ccc(C(=O)c2oc3ccccc3c2NC(=O)COc2ccccc2[N+](=O)[O-])cc1. The summed E-state index contributed by atoms with van der Waals surface area (Å²) < 4.78 is 16.2. The number of ketones is 1. The molecule has 1 amide bonds. The van der Waals surface area contributed by atoms with E-state index in [-0.39, 0.29) is 22.9 Å². The van der Waals surface area contributed by atoms with Gasteiger partial charge in [0.15, 0.2) is 18.1 Å². The van der Waals surface area contributed by atoms with E-state index in [4.69, 9.17) is 13.9 Å². The first-order valence-electron chi connectivity index (χ1n) is 9.84. The van der Waals surface area contributed by atoms with Gasteiger partial charge in [-0.15, -0.1) is 0 Å². The monoisotopic (exact) mass is 446 g/mol. The Morgan fingerprint density at radius 2 is 1.70 bits per heavy atom. The number of ether oxygens (including phenoxy) is 2. The van der Waals surface area contributed by atoms with Crippen LogP contribution in [0.5, 0.6) is 11.5 Å². The summed E-state index contributed by atoms with van der Waals surface area (Å²) in [6, 6.07) is 19.1. The van der Waals surface area contributed by atoms with Crippen molar-refractivity contribution in [1.82, 2.24) is 0 Å². The van der Waals surface area contributed by atoms with Gasteiger partial charge in [0.25, 0.3) is 5.91 Å². The van der Waals surface area contributed by atoms with Crippen molar-refractivity contribution in [3.8, 4) is 11.5 Å². The number of nitro groups is 1. The molecule has 9 heteroatoms. The minimum atomic E-state index is -0.608. The Balaban J connectivity index is 1.60. The second-order valence-electron chi connectivity index (χ2n) is 6.92. The highest BCUT2D eigenvalue weighted by Gasteiger charge is 2.24. The second-order valence-corrected chi connectivity index (χ2v) is 6.92. The molecule has 33 heavy (non-hydrogen) atoms. The number of furan rings is 1. The van der Waals surface area contributed by atoms with Crippen molar-refractivity contribution < 1.29 is 28.4 Å².